The molecule has 0 aromatic heterocycles. The van der Waals surface area contributed by atoms with Gasteiger partial charge in [0.05, 0.1) is 0 Å². The number of esters is 1. The first kappa shape index (κ1) is 11.4. The summed E-state index contributed by atoms with van der Waals surface area (Å²) < 4.78 is 4.65. The minimum atomic E-state index is -0.535. The van der Waals surface area contributed by atoms with Gasteiger partial charge in [-0.15, -0.1) is 0 Å². The Balaban J connectivity index is 2.27. The monoisotopic (exact) mass is 231 g/mol. The highest BCUT2D eigenvalue weighted by atomic mass is 16.5. The first-order valence-corrected chi connectivity index (χ1v) is 5.27. The van der Waals surface area contributed by atoms with Crippen molar-refractivity contribution in [2.75, 3.05) is 25.6 Å². The summed E-state index contributed by atoms with van der Waals surface area (Å²) in [5, 5.41) is 0. The summed E-state index contributed by atoms with van der Waals surface area (Å²) >= 11 is 0. The number of hydrogen-bond donors (Lipinski definition) is 0. The van der Waals surface area contributed by atoms with Gasteiger partial charge in [-0.2, -0.15) is 0 Å². The van der Waals surface area contributed by atoms with E-state index < -0.39 is 5.97 Å². The Labute approximate surface area is 99.5 Å². The molecule has 0 unspecified atom stereocenters. The molecule has 0 atom stereocenters. The van der Waals surface area contributed by atoms with E-state index in [2.05, 4.69) is 4.74 Å². The zero-order valence-corrected chi connectivity index (χ0v) is 9.77. The number of anilines is 1. The normalized spacial score (nSPS) is 17.4. The van der Waals surface area contributed by atoms with Crippen molar-refractivity contribution in [2.45, 2.75) is 0 Å². The molecule has 0 radical (unpaired) electrons. The van der Waals surface area contributed by atoms with Crippen molar-refractivity contribution in [3.63, 3.8) is 0 Å². The minimum absolute atomic E-state index is 0.127. The number of benzene rings is 1. The molecule has 0 saturated carbocycles. The standard InChI is InChI=1S/C13H13NO3/c1-14(2)10-5-3-9(4-6-10)7-11-12(15)8-17-13(11)16/h3-7H,8H2,1-2H3/b11-7-. The highest BCUT2D eigenvalue weighted by molar-refractivity contribution is 6.24. The second kappa shape index (κ2) is 4.41. The third kappa shape index (κ3) is 2.36. The van der Waals surface area contributed by atoms with E-state index in [0.717, 1.165) is 11.3 Å². The van der Waals surface area contributed by atoms with Crippen LogP contribution < -0.4 is 4.90 Å². The molecule has 1 aromatic rings. The molecule has 0 amide bonds. The van der Waals surface area contributed by atoms with Gasteiger partial charge in [0.1, 0.15) is 5.57 Å². The van der Waals surface area contributed by atoms with Gasteiger partial charge in [0.15, 0.2) is 6.61 Å². The van der Waals surface area contributed by atoms with Gasteiger partial charge < -0.3 is 9.64 Å². The van der Waals surface area contributed by atoms with Crippen molar-refractivity contribution in [1.82, 2.24) is 0 Å². The minimum Gasteiger partial charge on any atom is -0.454 e. The Morgan fingerprint density at radius 2 is 1.82 bits per heavy atom. The number of Topliss-reactive ketones (excluding diaryl/α,β-unsaturated/α-hetero) is 1. The molecule has 0 bridgehead atoms. The molecule has 2 rings (SSSR count). The van der Waals surface area contributed by atoms with E-state index in [1.54, 1.807) is 6.08 Å². The number of ketones is 1. The van der Waals surface area contributed by atoms with Gasteiger partial charge in [0.2, 0.25) is 5.78 Å². The van der Waals surface area contributed by atoms with E-state index >= 15 is 0 Å². The van der Waals surface area contributed by atoms with Gasteiger partial charge in [-0.05, 0) is 23.8 Å². The molecule has 1 fully saturated rings. The van der Waals surface area contributed by atoms with Crippen LogP contribution in [0.2, 0.25) is 0 Å². The van der Waals surface area contributed by atoms with Gasteiger partial charge in [-0.1, -0.05) is 12.1 Å². The molecule has 17 heavy (non-hydrogen) atoms. The second-order valence-electron chi connectivity index (χ2n) is 4.04. The third-order valence-electron chi connectivity index (χ3n) is 2.58. The molecule has 1 heterocycles. The maximum absolute atomic E-state index is 11.3. The average Bonchev–Trinajstić information content (AvgIpc) is 2.61. The van der Waals surface area contributed by atoms with E-state index in [1.807, 2.05) is 43.3 Å². The molecule has 0 aliphatic carbocycles. The fourth-order valence-corrected chi connectivity index (χ4v) is 1.58. The van der Waals surface area contributed by atoms with Crippen molar-refractivity contribution in [1.29, 1.82) is 0 Å². The average molecular weight is 231 g/mol. The summed E-state index contributed by atoms with van der Waals surface area (Å²) in [4.78, 5) is 24.6. The van der Waals surface area contributed by atoms with E-state index in [-0.39, 0.29) is 18.0 Å². The van der Waals surface area contributed by atoms with Gasteiger partial charge >= 0.3 is 5.97 Å². The summed E-state index contributed by atoms with van der Waals surface area (Å²) in [6.07, 6.45) is 1.57. The summed E-state index contributed by atoms with van der Waals surface area (Å²) in [7, 11) is 3.90. The van der Waals surface area contributed by atoms with E-state index in [0.29, 0.717) is 0 Å². The van der Waals surface area contributed by atoms with E-state index in [9.17, 15) is 9.59 Å². The highest BCUT2D eigenvalue weighted by Gasteiger charge is 2.27. The number of ether oxygens (including phenoxy) is 1. The zero-order chi connectivity index (χ0) is 12.4. The smallest absolute Gasteiger partial charge is 0.342 e. The van der Waals surface area contributed by atoms with Crippen molar-refractivity contribution in [3.8, 4) is 0 Å². The fourth-order valence-electron chi connectivity index (χ4n) is 1.58. The molecule has 0 spiro atoms. The molecule has 1 aliphatic rings. The molecule has 1 aromatic carbocycles. The summed E-state index contributed by atoms with van der Waals surface area (Å²) in [6, 6.07) is 7.58. The molecule has 4 heteroatoms. The Kier molecular flexibility index (Phi) is 2.95. The maximum Gasteiger partial charge on any atom is 0.342 e. The van der Waals surface area contributed by atoms with Crippen LogP contribution in [0.1, 0.15) is 5.56 Å². The third-order valence-corrected chi connectivity index (χ3v) is 2.58. The SMILES string of the molecule is CN(C)c1ccc(/C=C2/C(=O)COC2=O)cc1. The van der Waals surface area contributed by atoms with Crippen LogP contribution >= 0.6 is 0 Å². The van der Waals surface area contributed by atoms with Crippen LogP contribution in [0.25, 0.3) is 6.08 Å². The van der Waals surface area contributed by atoms with E-state index in [4.69, 9.17) is 0 Å². The predicted octanol–water partition coefficient (Wildman–Crippen LogP) is 1.26. The second-order valence-corrected chi connectivity index (χ2v) is 4.04. The molecular formula is C13H13NO3. The summed E-state index contributed by atoms with van der Waals surface area (Å²) in [6.45, 7) is -0.138. The van der Waals surface area contributed by atoms with Crippen LogP contribution in [0.15, 0.2) is 29.8 Å². The predicted molar refractivity (Wildman–Crippen MR) is 64.7 cm³/mol. The first-order valence-electron chi connectivity index (χ1n) is 5.27. The number of nitrogens with zero attached hydrogens (tertiary/aromatic N) is 1. The lowest BCUT2D eigenvalue weighted by Crippen LogP contribution is -2.08. The number of hydrogen-bond acceptors (Lipinski definition) is 4. The first-order chi connectivity index (χ1) is 8.08. The Morgan fingerprint density at radius 3 is 2.29 bits per heavy atom. The lowest BCUT2D eigenvalue weighted by atomic mass is 10.1. The van der Waals surface area contributed by atoms with Crippen LogP contribution in [0.5, 0.6) is 0 Å². The fraction of sp³-hybridized carbons (Fsp3) is 0.231. The summed E-state index contributed by atoms with van der Waals surface area (Å²) in [5.74, 6) is -0.793. The van der Waals surface area contributed by atoms with Crippen molar-refractivity contribution in [3.05, 3.63) is 35.4 Å². The van der Waals surface area contributed by atoms with Gasteiger partial charge in [0, 0.05) is 19.8 Å². The molecule has 88 valence electrons. The van der Waals surface area contributed by atoms with Crippen LogP contribution in [0.3, 0.4) is 0 Å². The zero-order valence-electron chi connectivity index (χ0n) is 9.77. The largest absolute Gasteiger partial charge is 0.454 e. The molecule has 0 N–H and O–H groups in total. The highest BCUT2D eigenvalue weighted by Crippen LogP contribution is 2.17. The van der Waals surface area contributed by atoms with Crippen LogP contribution in [-0.2, 0) is 14.3 Å². The van der Waals surface area contributed by atoms with Crippen LogP contribution in [0, 0.1) is 0 Å². The molecule has 1 aliphatic heterocycles. The Bertz CT molecular complexity index is 468. The molecule has 4 nitrogen and oxygen atoms in total. The number of rotatable bonds is 2. The Hall–Kier alpha value is -2.10. The van der Waals surface area contributed by atoms with Crippen molar-refractivity contribution in [2.24, 2.45) is 0 Å². The van der Waals surface area contributed by atoms with E-state index in [1.165, 1.54) is 0 Å². The number of carbonyl (C=O) groups is 2. The lowest BCUT2D eigenvalue weighted by Gasteiger charge is -2.11. The molecule has 1 saturated heterocycles. The Morgan fingerprint density at radius 1 is 1.18 bits per heavy atom. The van der Waals surface area contributed by atoms with Crippen molar-refractivity contribution < 1.29 is 14.3 Å². The van der Waals surface area contributed by atoms with Crippen LogP contribution in [-0.4, -0.2) is 32.5 Å². The molecular weight excluding hydrogens is 218 g/mol. The summed E-state index contributed by atoms with van der Waals surface area (Å²) in [5.41, 5.74) is 2.01. The number of carbonyl (C=O) groups excluding carboxylic acids is 2. The quantitative estimate of drug-likeness (QED) is 0.437. The van der Waals surface area contributed by atoms with Gasteiger partial charge in [-0.3, -0.25) is 4.79 Å². The van der Waals surface area contributed by atoms with Crippen LogP contribution in [0.4, 0.5) is 5.69 Å². The lowest BCUT2D eigenvalue weighted by molar-refractivity contribution is -0.135. The van der Waals surface area contributed by atoms with Crippen molar-refractivity contribution >= 4 is 23.5 Å². The topological polar surface area (TPSA) is 46.6 Å². The maximum atomic E-state index is 11.3. The van der Waals surface area contributed by atoms with Gasteiger partial charge in [-0.25, -0.2) is 4.79 Å². The number of cyclic esters (lactones) is 1. The van der Waals surface area contributed by atoms with Gasteiger partial charge in [0.25, 0.3) is 0 Å².